The highest BCUT2D eigenvalue weighted by atomic mass is 35.5. The molecule has 1 heterocycles. The number of hydrogen-bond acceptors (Lipinski definition) is 2. The van der Waals surface area contributed by atoms with E-state index in [0.29, 0.717) is 11.6 Å². The molecule has 2 amide bonds. The number of carbonyl (C=O) groups is 2. The molecule has 0 unspecified atom stereocenters. The SMILES string of the molecule is O=C(N[C@H]1CC(=O)N(c2ccc(Cl)cc2)C1)c1ccccc1F. The quantitative estimate of drug-likeness (QED) is 0.939. The van der Waals surface area contributed by atoms with Crippen LogP contribution in [0.15, 0.2) is 48.5 Å². The maximum atomic E-state index is 13.6. The molecule has 1 fully saturated rings. The third kappa shape index (κ3) is 3.35. The van der Waals surface area contributed by atoms with Crippen LogP contribution in [0.4, 0.5) is 10.1 Å². The van der Waals surface area contributed by atoms with Gasteiger partial charge in [0.05, 0.1) is 11.6 Å². The molecule has 0 aliphatic carbocycles. The first-order valence-corrected chi connectivity index (χ1v) is 7.54. The highest BCUT2D eigenvalue weighted by molar-refractivity contribution is 6.30. The topological polar surface area (TPSA) is 49.4 Å². The van der Waals surface area contributed by atoms with Crippen molar-refractivity contribution >= 4 is 29.1 Å². The Labute approximate surface area is 137 Å². The Balaban J connectivity index is 1.69. The number of anilines is 1. The summed E-state index contributed by atoms with van der Waals surface area (Å²) >= 11 is 5.84. The third-order valence-electron chi connectivity index (χ3n) is 3.72. The van der Waals surface area contributed by atoms with Crippen LogP contribution in [-0.4, -0.2) is 24.4 Å². The van der Waals surface area contributed by atoms with Gasteiger partial charge in [0.15, 0.2) is 0 Å². The third-order valence-corrected chi connectivity index (χ3v) is 3.97. The zero-order valence-corrected chi connectivity index (χ0v) is 12.9. The van der Waals surface area contributed by atoms with Crippen molar-refractivity contribution in [1.29, 1.82) is 0 Å². The smallest absolute Gasteiger partial charge is 0.254 e. The lowest BCUT2D eigenvalue weighted by molar-refractivity contribution is -0.117. The average molecular weight is 333 g/mol. The summed E-state index contributed by atoms with van der Waals surface area (Å²) < 4.78 is 13.6. The molecule has 1 aliphatic rings. The molecule has 6 heteroatoms. The maximum absolute atomic E-state index is 13.6. The van der Waals surface area contributed by atoms with Gasteiger partial charge in [0.25, 0.3) is 5.91 Å². The first-order valence-electron chi connectivity index (χ1n) is 7.16. The fraction of sp³-hybridized carbons (Fsp3) is 0.176. The van der Waals surface area contributed by atoms with E-state index in [2.05, 4.69) is 5.32 Å². The predicted octanol–water partition coefficient (Wildman–Crippen LogP) is 3.01. The van der Waals surface area contributed by atoms with Crippen molar-refractivity contribution in [2.75, 3.05) is 11.4 Å². The molecule has 2 aromatic rings. The molecular weight excluding hydrogens is 319 g/mol. The summed E-state index contributed by atoms with van der Waals surface area (Å²) in [5, 5.41) is 3.30. The Kier molecular flexibility index (Phi) is 4.30. The van der Waals surface area contributed by atoms with Gasteiger partial charge < -0.3 is 10.2 Å². The minimum Gasteiger partial charge on any atom is -0.347 e. The number of nitrogens with zero attached hydrogens (tertiary/aromatic N) is 1. The van der Waals surface area contributed by atoms with Gasteiger partial charge in [-0.1, -0.05) is 23.7 Å². The summed E-state index contributed by atoms with van der Waals surface area (Å²) in [6.07, 6.45) is 0.183. The Morgan fingerprint density at radius 1 is 1.17 bits per heavy atom. The summed E-state index contributed by atoms with van der Waals surface area (Å²) in [4.78, 5) is 25.8. The standard InChI is InChI=1S/C17H14ClFN2O2/c18-11-5-7-13(8-6-11)21-10-12(9-16(21)22)20-17(23)14-3-1-2-4-15(14)19/h1-8,12H,9-10H2,(H,20,23)/t12-/m0/s1. The first-order chi connectivity index (χ1) is 11.0. The van der Waals surface area contributed by atoms with E-state index in [4.69, 9.17) is 11.6 Å². The molecule has 118 valence electrons. The second-order valence-electron chi connectivity index (χ2n) is 5.34. The van der Waals surface area contributed by atoms with Gasteiger partial charge in [0, 0.05) is 23.7 Å². The van der Waals surface area contributed by atoms with Crippen molar-refractivity contribution < 1.29 is 14.0 Å². The van der Waals surface area contributed by atoms with Gasteiger partial charge in [-0.2, -0.15) is 0 Å². The van der Waals surface area contributed by atoms with Gasteiger partial charge in [-0.3, -0.25) is 9.59 Å². The Hall–Kier alpha value is -2.40. The van der Waals surface area contributed by atoms with E-state index in [0.717, 1.165) is 5.69 Å². The lowest BCUT2D eigenvalue weighted by Gasteiger charge is -2.17. The number of benzene rings is 2. The highest BCUT2D eigenvalue weighted by Gasteiger charge is 2.32. The number of amides is 2. The molecule has 0 radical (unpaired) electrons. The van der Waals surface area contributed by atoms with E-state index in [1.807, 2.05) is 0 Å². The van der Waals surface area contributed by atoms with Crippen LogP contribution in [0.1, 0.15) is 16.8 Å². The van der Waals surface area contributed by atoms with Gasteiger partial charge in [0.1, 0.15) is 5.82 Å². The summed E-state index contributed by atoms with van der Waals surface area (Å²) in [5.74, 6) is -1.19. The molecule has 2 aromatic carbocycles. The summed E-state index contributed by atoms with van der Waals surface area (Å²) in [5.41, 5.74) is 0.701. The largest absolute Gasteiger partial charge is 0.347 e. The molecular formula is C17H14ClFN2O2. The van der Waals surface area contributed by atoms with Crippen LogP contribution < -0.4 is 10.2 Å². The van der Waals surface area contributed by atoms with E-state index < -0.39 is 11.7 Å². The fourth-order valence-electron chi connectivity index (χ4n) is 2.58. The van der Waals surface area contributed by atoms with E-state index in [9.17, 15) is 14.0 Å². The zero-order valence-electron chi connectivity index (χ0n) is 12.1. The first kappa shape index (κ1) is 15.5. The fourth-order valence-corrected chi connectivity index (χ4v) is 2.71. The number of hydrogen-bond donors (Lipinski definition) is 1. The van der Waals surface area contributed by atoms with Gasteiger partial charge in [0.2, 0.25) is 5.91 Å². The second-order valence-corrected chi connectivity index (χ2v) is 5.77. The zero-order chi connectivity index (χ0) is 16.4. The minimum atomic E-state index is -0.580. The van der Waals surface area contributed by atoms with Crippen LogP contribution in [0.2, 0.25) is 5.02 Å². The van der Waals surface area contributed by atoms with Crippen molar-refractivity contribution in [3.8, 4) is 0 Å². The molecule has 1 atom stereocenters. The number of rotatable bonds is 3. The van der Waals surface area contributed by atoms with Crippen molar-refractivity contribution in [3.05, 3.63) is 64.9 Å². The van der Waals surface area contributed by atoms with Crippen LogP contribution in [0, 0.1) is 5.82 Å². The van der Waals surface area contributed by atoms with E-state index in [1.165, 1.54) is 18.2 Å². The number of nitrogens with one attached hydrogen (secondary N) is 1. The molecule has 0 aromatic heterocycles. The molecule has 1 N–H and O–H groups in total. The van der Waals surface area contributed by atoms with E-state index in [-0.39, 0.29) is 23.9 Å². The van der Waals surface area contributed by atoms with Gasteiger partial charge >= 0.3 is 0 Å². The molecule has 3 rings (SSSR count). The van der Waals surface area contributed by atoms with Crippen LogP contribution in [-0.2, 0) is 4.79 Å². The summed E-state index contributed by atoms with van der Waals surface area (Å²) in [6.45, 7) is 0.348. The van der Waals surface area contributed by atoms with Gasteiger partial charge in [-0.05, 0) is 36.4 Å². The lowest BCUT2D eigenvalue weighted by atomic mass is 10.1. The van der Waals surface area contributed by atoms with Crippen LogP contribution in [0.5, 0.6) is 0 Å². The van der Waals surface area contributed by atoms with Crippen LogP contribution in [0.25, 0.3) is 0 Å². The molecule has 1 saturated heterocycles. The molecule has 23 heavy (non-hydrogen) atoms. The summed E-state index contributed by atoms with van der Waals surface area (Å²) in [7, 11) is 0. The van der Waals surface area contributed by atoms with Gasteiger partial charge in [-0.15, -0.1) is 0 Å². The molecule has 4 nitrogen and oxygen atoms in total. The van der Waals surface area contributed by atoms with Crippen molar-refractivity contribution in [2.24, 2.45) is 0 Å². The maximum Gasteiger partial charge on any atom is 0.254 e. The predicted molar refractivity (Wildman–Crippen MR) is 86.1 cm³/mol. The van der Waals surface area contributed by atoms with Crippen LogP contribution >= 0.6 is 11.6 Å². The molecule has 1 aliphatic heterocycles. The Morgan fingerprint density at radius 3 is 2.57 bits per heavy atom. The van der Waals surface area contributed by atoms with Crippen molar-refractivity contribution in [1.82, 2.24) is 5.32 Å². The molecule has 0 saturated carbocycles. The molecule has 0 spiro atoms. The van der Waals surface area contributed by atoms with E-state index in [1.54, 1.807) is 35.2 Å². The summed E-state index contributed by atoms with van der Waals surface area (Å²) in [6, 6.07) is 12.3. The van der Waals surface area contributed by atoms with Crippen molar-refractivity contribution in [2.45, 2.75) is 12.5 Å². The second kappa shape index (κ2) is 6.38. The normalized spacial score (nSPS) is 17.4. The highest BCUT2D eigenvalue weighted by Crippen LogP contribution is 2.23. The molecule has 0 bridgehead atoms. The van der Waals surface area contributed by atoms with Gasteiger partial charge in [-0.25, -0.2) is 4.39 Å². The van der Waals surface area contributed by atoms with Crippen LogP contribution in [0.3, 0.4) is 0 Å². The Morgan fingerprint density at radius 2 is 1.87 bits per heavy atom. The number of carbonyl (C=O) groups excluding carboxylic acids is 2. The average Bonchev–Trinajstić information content (AvgIpc) is 2.89. The monoisotopic (exact) mass is 332 g/mol. The lowest BCUT2D eigenvalue weighted by Crippen LogP contribution is -2.37. The minimum absolute atomic E-state index is 0.0232. The number of halogens is 2. The van der Waals surface area contributed by atoms with E-state index >= 15 is 0 Å². The Bertz CT molecular complexity index is 749. The van der Waals surface area contributed by atoms with Crippen molar-refractivity contribution in [3.63, 3.8) is 0 Å².